The summed E-state index contributed by atoms with van der Waals surface area (Å²) in [6.07, 6.45) is -3.13. The fraction of sp³-hybridized carbons (Fsp3) is 0.294. The van der Waals surface area contributed by atoms with Crippen LogP contribution in [-0.4, -0.2) is 16.4 Å². The van der Waals surface area contributed by atoms with E-state index in [0.717, 1.165) is 6.07 Å². The Bertz CT molecular complexity index is 719. The van der Waals surface area contributed by atoms with E-state index in [9.17, 15) is 18.0 Å². The molecule has 0 saturated heterocycles. The number of hydrogen-bond acceptors (Lipinski definition) is 3. The lowest BCUT2D eigenvalue weighted by atomic mass is 10.1. The van der Waals surface area contributed by atoms with Crippen LogP contribution in [0, 0.1) is 0 Å². The Morgan fingerprint density at radius 1 is 1.04 bits per heavy atom. The first-order chi connectivity index (χ1) is 11.1. The molecule has 2 aromatic rings. The van der Waals surface area contributed by atoms with Crippen molar-refractivity contribution in [2.24, 2.45) is 0 Å². The van der Waals surface area contributed by atoms with Crippen LogP contribution in [0.4, 0.5) is 24.5 Å². The molecule has 1 amide bonds. The molecule has 0 aliphatic rings. The molecule has 0 radical (unpaired) electrons. The highest BCUT2D eigenvalue weighted by molar-refractivity contribution is 5.93. The molecule has 0 aliphatic heterocycles. The van der Waals surface area contributed by atoms with Gasteiger partial charge in [-0.15, -0.1) is 0 Å². The van der Waals surface area contributed by atoms with Crippen molar-refractivity contribution in [1.82, 2.24) is 10.3 Å². The zero-order valence-corrected chi connectivity index (χ0v) is 13.5. The number of para-hydroxylation sites is 1. The molecule has 0 spiro atoms. The molecule has 0 bridgehead atoms. The second kappa shape index (κ2) is 6.51. The lowest BCUT2D eigenvalue weighted by Crippen LogP contribution is -2.40. The van der Waals surface area contributed by atoms with E-state index in [1.165, 1.54) is 36.5 Å². The molecule has 7 heteroatoms. The molecule has 4 nitrogen and oxygen atoms in total. The Morgan fingerprint density at radius 2 is 1.71 bits per heavy atom. The summed E-state index contributed by atoms with van der Waals surface area (Å²) in [6.45, 7) is 5.53. The Morgan fingerprint density at radius 3 is 2.25 bits per heavy atom. The fourth-order valence-corrected chi connectivity index (χ4v) is 2.00. The van der Waals surface area contributed by atoms with Gasteiger partial charge in [-0.2, -0.15) is 13.2 Å². The van der Waals surface area contributed by atoms with E-state index in [2.05, 4.69) is 15.6 Å². The van der Waals surface area contributed by atoms with Gasteiger partial charge in [0.1, 0.15) is 5.69 Å². The first kappa shape index (κ1) is 17.8. The van der Waals surface area contributed by atoms with E-state index in [0.29, 0.717) is 5.69 Å². The van der Waals surface area contributed by atoms with E-state index in [1.54, 1.807) is 0 Å². The number of amides is 1. The van der Waals surface area contributed by atoms with Gasteiger partial charge in [-0.1, -0.05) is 12.1 Å². The second-order valence-corrected chi connectivity index (χ2v) is 6.30. The number of halogens is 3. The first-order valence-electron chi connectivity index (χ1n) is 7.28. The van der Waals surface area contributed by atoms with Crippen molar-refractivity contribution in [3.63, 3.8) is 0 Å². The minimum absolute atomic E-state index is 0.0707. The van der Waals surface area contributed by atoms with E-state index >= 15 is 0 Å². The summed E-state index contributed by atoms with van der Waals surface area (Å²) in [7, 11) is 0. The van der Waals surface area contributed by atoms with E-state index < -0.39 is 17.3 Å². The van der Waals surface area contributed by atoms with Gasteiger partial charge < -0.3 is 10.6 Å². The highest BCUT2D eigenvalue weighted by Crippen LogP contribution is 2.35. The zero-order chi connectivity index (χ0) is 18.0. The van der Waals surface area contributed by atoms with Gasteiger partial charge in [0.15, 0.2) is 0 Å². The normalized spacial score (nSPS) is 11.9. The number of carbonyl (C=O) groups is 1. The Kier molecular flexibility index (Phi) is 4.82. The summed E-state index contributed by atoms with van der Waals surface area (Å²) in [6, 6.07) is 8.14. The Balaban J connectivity index is 2.17. The van der Waals surface area contributed by atoms with E-state index in [4.69, 9.17) is 0 Å². The molecule has 0 unspecified atom stereocenters. The SMILES string of the molecule is CC(C)(C)NC(=O)c1ccc(Nc2ccccc2C(F)(F)F)cn1. The first-order valence-corrected chi connectivity index (χ1v) is 7.28. The molecule has 0 atom stereocenters. The van der Waals surface area contributed by atoms with Gasteiger partial charge in [-0.25, -0.2) is 4.98 Å². The minimum Gasteiger partial charge on any atom is -0.354 e. The van der Waals surface area contributed by atoms with E-state index in [1.807, 2.05) is 20.8 Å². The standard InChI is InChI=1S/C17H18F3N3O/c1-16(2,3)23-15(24)14-9-8-11(10-21-14)22-13-7-5-4-6-12(13)17(18,19)20/h4-10,22H,1-3H3,(H,23,24). The van der Waals surface area contributed by atoms with Crippen LogP contribution in [0.15, 0.2) is 42.6 Å². The average Bonchev–Trinajstić information content (AvgIpc) is 2.45. The number of nitrogens with zero attached hydrogens (tertiary/aromatic N) is 1. The smallest absolute Gasteiger partial charge is 0.354 e. The molecule has 2 rings (SSSR count). The van der Waals surface area contributed by atoms with E-state index in [-0.39, 0.29) is 17.3 Å². The van der Waals surface area contributed by atoms with Gasteiger partial charge in [-0.3, -0.25) is 4.79 Å². The zero-order valence-electron chi connectivity index (χ0n) is 13.5. The topological polar surface area (TPSA) is 54.0 Å². The molecular weight excluding hydrogens is 319 g/mol. The second-order valence-electron chi connectivity index (χ2n) is 6.30. The van der Waals surface area contributed by atoms with Crippen molar-refractivity contribution in [3.8, 4) is 0 Å². The number of anilines is 2. The molecule has 24 heavy (non-hydrogen) atoms. The Labute approximate surface area is 138 Å². The third kappa shape index (κ3) is 4.71. The highest BCUT2D eigenvalue weighted by atomic mass is 19.4. The maximum Gasteiger partial charge on any atom is 0.418 e. The molecule has 0 saturated carbocycles. The van der Waals surface area contributed by atoms with Gasteiger partial charge in [0.25, 0.3) is 5.91 Å². The van der Waals surface area contributed by atoms with Crippen LogP contribution in [-0.2, 0) is 6.18 Å². The summed E-state index contributed by atoms with van der Waals surface area (Å²) in [5.41, 5.74) is -0.682. The predicted molar refractivity (Wildman–Crippen MR) is 86.2 cm³/mol. The quantitative estimate of drug-likeness (QED) is 0.874. The lowest BCUT2D eigenvalue weighted by molar-refractivity contribution is -0.136. The third-order valence-corrected chi connectivity index (χ3v) is 3.00. The summed E-state index contributed by atoms with van der Waals surface area (Å²) in [5.74, 6) is -0.343. The van der Waals surface area contributed by atoms with Gasteiger partial charge in [-0.05, 0) is 45.0 Å². The maximum atomic E-state index is 13.0. The Hall–Kier alpha value is -2.57. The van der Waals surface area contributed by atoms with Crippen LogP contribution < -0.4 is 10.6 Å². The largest absolute Gasteiger partial charge is 0.418 e. The molecule has 0 fully saturated rings. The molecule has 0 aliphatic carbocycles. The van der Waals surface area contributed by atoms with Gasteiger partial charge in [0.05, 0.1) is 23.1 Å². The monoisotopic (exact) mass is 337 g/mol. The number of alkyl halides is 3. The molecular formula is C17H18F3N3O. The highest BCUT2D eigenvalue weighted by Gasteiger charge is 2.33. The fourth-order valence-electron chi connectivity index (χ4n) is 2.00. The van der Waals surface area contributed by atoms with Crippen LogP contribution >= 0.6 is 0 Å². The maximum absolute atomic E-state index is 13.0. The number of pyridine rings is 1. The number of nitrogens with one attached hydrogen (secondary N) is 2. The van der Waals surface area contributed by atoms with Crippen molar-refractivity contribution in [2.45, 2.75) is 32.5 Å². The van der Waals surface area contributed by atoms with Crippen LogP contribution in [0.3, 0.4) is 0 Å². The summed E-state index contributed by atoms with van der Waals surface area (Å²) in [4.78, 5) is 16.0. The molecule has 1 heterocycles. The van der Waals surface area contributed by atoms with Gasteiger partial charge in [0, 0.05) is 5.54 Å². The molecule has 2 N–H and O–H groups in total. The summed E-state index contributed by atoms with van der Waals surface area (Å²) < 4.78 is 38.9. The predicted octanol–water partition coefficient (Wildman–Crippen LogP) is 4.37. The van der Waals surface area contributed by atoms with Crippen LogP contribution in [0.5, 0.6) is 0 Å². The van der Waals surface area contributed by atoms with Crippen LogP contribution in [0.2, 0.25) is 0 Å². The van der Waals surface area contributed by atoms with Crippen LogP contribution in [0.1, 0.15) is 36.8 Å². The number of rotatable bonds is 3. The summed E-state index contributed by atoms with van der Waals surface area (Å²) in [5, 5.41) is 5.44. The minimum atomic E-state index is -4.45. The molecule has 1 aromatic carbocycles. The number of carbonyl (C=O) groups excluding carboxylic acids is 1. The number of benzene rings is 1. The number of aromatic nitrogens is 1. The molecule has 1 aromatic heterocycles. The van der Waals surface area contributed by atoms with Crippen molar-refractivity contribution >= 4 is 17.3 Å². The summed E-state index contributed by atoms with van der Waals surface area (Å²) >= 11 is 0. The van der Waals surface area contributed by atoms with Crippen molar-refractivity contribution in [3.05, 3.63) is 53.9 Å². The van der Waals surface area contributed by atoms with Crippen molar-refractivity contribution in [2.75, 3.05) is 5.32 Å². The van der Waals surface area contributed by atoms with Crippen molar-refractivity contribution in [1.29, 1.82) is 0 Å². The lowest BCUT2D eigenvalue weighted by Gasteiger charge is -2.20. The molecule has 128 valence electrons. The van der Waals surface area contributed by atoms with Gasteiger partial charge >= 0.3 is 6.18 Å². The third-order valence-electron chi connectivity index (χ3n) is 3.00. The van der Waals surface area contributed by atoms with Gasteiger partial charge in [0.2, 0.25) is 0 Å². The van der Waals surface area contributed by atoms with Crippen LogP contribution in [0.25, 0.3) is 0 Å². The van der Waals surface area contributed by atoms with Crippen molar-refractivity contribution < 1.29 is 18.0 Å². The average molecular weight is 337 g/mol. The number of hydrogen-bond donors (Lipinski definition) is 2.